The lowest BCUT2D eigenvalue weighted by Gasteiger charge is -1.93. The molecule has 3 aliphatic carbocycles. The molecule has 0 heterocycles. The fourth-order valence-corrected chi connectivity index (χ4v) is 2.47. The Balaban J connectivity index is 2.17. The number of carbonyl (C=O) groups is 1. The lowest BCUT2D eigenvalue weighted by Crippen LogP contribution is -2.00. The van der Waals surface area contributed by atoms with E-state index in [-0.39, 0.29) is 0 Å². The monoisotopic (exact) mass is 120 g/mol. The molecule has 3 atom stereocenters. The number of allylic oxidation sites excluding steroid dienone is 1. The molecule has 0 amide bonds. The Bertz CT molecular complexity index is 213. The molecule has 1 spiro atoms. The number of hydrogen-bond donors (Lipinski definition) is 0. The molecule has 0 bridgehead atoms. The van der Waals surface area contributed by atoms with Crippen molar-refractivity contribution in [3.8, 4) is 0 Å². The zero-order valence-electron chi connectivity index (χ0n) is 5.18. The van der Waals surface area contributed by atoms with Gasteiger partial charge in [0.1, 0.15) is 0 Å². The van der Waals surface area contributed by atoms with Crippen molar-refractivity contribution in [1.29, 1.82) is 0 Å². The molecule has 46 valence electrons. The van der Waals surface area contributed by atoms with E-state index in [0.29, 0.717) is 23.0 Å². The number of ketones is 1. The van der Waals surface area contributed by atoms with Gasteiger partial charge in [-0.15, -0.1) is 0 Å². The summed E-state index contributed by atoms with van der Waals surface area (Å²) in [4.78, 5) is 11.1. The van der Waals surface area contributed by atoms with Crippen LogP contribution in [0.3, 0.4) is 0 Å². The minimum absolute atomic E-state index is 0.381. The maximum absolute atomic E-state index is 11.1. The van der Waals surface area contributed by atoms with E-state index in [0.717, 1.165) is 5.57 Å². The molecular weight excluding hydrogens is 112 g/mol. The third-order valence-corrected chi connectivity index (χ3v) is 3.29. The van der Waals surface area contributed by atoms with Gasteiger partial charge in [0.15, 0.2) is 5.78 Å². The Hall–Kier alpha value is -0.590. The number of Topliss-reactive ketones (excluding diaryl/α,β-unsaturated/α-hetero) is 1. The Kier molecular flexibility index (Phi) is 0.383. The van der Waals surface area contributed by atoms with E-state index in [1.165, 1.54) is 12.8 Å². The van der Waals surface area contributed by atoms with E-state index in [9.17, 15) is 4.79 Å². The lowest BCUT2D eigenvalue weighted by molar-refractivity contribution is -0.116. The third kappa shape index (κ3) is 0.251. The molecule has 3 fully saturated rings. The van der Waals surface area contributed by atoms with Crippen molar-refractivity contribution in [2.75, 3.05) is 0 Å². The molecule has 0 aromatic rings. The average Bonchev–Trinajstić information content (AvgIpc) is 2.66. The first-order chi connectivity index (χ1) is 4.26. The minimum Gasteiger partial charge on any atom is -0.294 e. The number of hydrogen-bond acceptors (Lipinski definition) is 1. The Morgan fingerprint density at radius 2 is 2.11 bits per heavy atom. The Morgan fingerprint density at radius 1 is 1.44 bits per heavy atom. The van der Waals surface area contributed by atoms with Crippen LogP contribution in [0.5, 0.6) is 0 Å². The van der Waals surface area contributed by atoms with Gasteiger partial charge in [-0.1, -0.05) is 6.58 Å². The summed E-state index contributed by atoms with van der Waals surface area (Å²) >= 11 is 0. The fraction of sp³-hybridized carbons (Fsp3) is 0.625. The molecule has 3 rings (SSSR count). The summed E-state index contributed by atoms with van der Waals surface area (Å²) in [6, 6.07) is 0. The molecule has 1 nitrogen and oxygen atoms in total. The molecule has 0 aromatic heterocycles. The SMILES string of the molecule is C=C1C(=O)C2CC23CC13. The third-order valence-electron chi connectivity index (χ3n) is 3.29. The van der Waals surface area contributed by atoms with Crippen molar-refractivity contribution in [2.24, 2.45) is 17.3 Å². The topological polar surface area (TPSA) is 17.1 Å². The van der Waals surface area contributed by atoms with Crippen LogP contribution >= 0.6 is 0 Å². The van der Waals surface area contributed by atoms with Crippen molar-refractivity contribution in [1.82, 2.24) is 0 Å². The summed E-state index contributed by atoms with van der Waals surface area (Å²) in [6.07, 6.45) is 2.47. The van der Waals surface area contributed by atoms with Crippen molar-refractivity contribution in [2.45, 2.75) is 12.8 Å². The zero-order chi connectivity index (χ0) is 6.22. The smallest absolute Gasteiger partial charge is 0.162 e. The summed E-state index contributed by atoms with van der Waals surface area (Å²) in [5.74, 6) is 1.45. The highest BCUT2D eigenvalue weighted by Crippen LogP contribution is 2.81. The average molecular weight is 120 g/mol. The fourth-order valence-electron chi connectivity index (χ4n) is 2.47. The second-order valence-corrected chi connectivity index (χ2v) is 3.64. The van der Waals surface area contributed by atoms with Crippen molar-refractivity contribution >= 4 is 5.78 Å². The van der Waals surface area contributed by atoms with Crippen LogP contribution < -0.4 is 0 Å². The summed E-state index contributed by atoms with van der Waals surface area (Å²) in [7, 11) is 0. The highest BCUT2D eigenvalue weighted by atomic mass is 16.1. The van der Waals surface area contributed by atoms with Crippen molar-refractivity contribution in [3.63, 3.8) is 0 Å². The van der Waals surface area contributed by atoms with Crippen LogP contribution in [0.15, 0.2) is 12.2 Å². The molecule has 9 heavy (non-hydrogen) atoms. The summed E-state index contributed by atoms with van der Waals surface area (Å²) in [5, 5.41) is 0. The Morgan fingerprint density at radius 3 is 2.44 bits per heavy atom. The van der Waals surface area contributed by atoms with E-state index in [1.54, 1.807) is 0 Å². The quantitative estimate of drug-likeness (QED) is 0.438. The van der Waals surface area contributed by atoms with Gasteiger partial charge in [-0.25, -0.2) is 0 Å². The van der Waals surface area contributed by atoms with Gasteiger partial charge in [-0.3, -0.25) is 4.79 Å². The Labute approximate surface area is 53.7 Å². The van der Waals surface area contributed by atoms with Gasteiger partial charge in [0.25, 0.3) is 0 Å². The normalized spacial score (nSPS) is 59.1. The van der Waals surface area contributed by atoms with E-state index in [2.05, 4.69) is 6.58 Å². The van der Waals surface area contributed by atoms with Gasteiger partial charge in [0.2, 0.25) is 0 Å². The van der Waals surface area contributed by atoms with Crippen LogP contribution in [0.1, 0.15) is 12.8 Å². The van der Waals surface area contributed by atoms with Crippen LogP contribution in [0.25, 0.3) is 0 Å². The lowest BCUT2D eigenvalue weighted by atomic mass is 10.1. The second-order valence-electron chi connectivity index (χ2n) is 3.64. The summed E-state index contributed by atoms with van der Waals surface area (Å²) < 4.78 is 0. The predicted molar refractivity (Wildman–Crippen MR) is 32.8 cm³/mol. The molecule has 3 unspecified atom stereocenters. The van der Waals surface area contributed by atoms with Crippen LogP contribution in [-0.2, 0) is 4.79 Å². The first-order valence-corrected chi connectivity index (χ1v) is 3.49. The van der Waals surface area contributed by atoms with Gasteiger partial charge in [-0.2, -0.15) is 0 Å². The first kappa shape index (κ1) is 4.26. The summed E-state index contributed by atoms with van der Waals surface area (Å²) in [6.45, 7) is 3.78. The molecule has 0 aromatic carbocycles. The van der Waals surface area contributed by atoms with Crippen LogP contribution in [0, 0.1) is 17.3 Å². The second kappa shape index (κ2) is 0.808. The molecule has 3 aliphatic rings. The van der Waals surface area contributed by atoms with Crippen molar-refractivity contribution in [3.05, 3.63) is 12.2 Å². The zero-order valence-corrected chi connectivity index (χ0v) is 5.18. The van der Waals surface area contributed by atoms with E-state index in [1.807, 2.05) is 0 Å². The van der Waals surface area contributed by atoms with Gasteiger partial charge in [0, 0.05) is 5.92 Å². The molecule has 0 aliphatic heterocycles. The highest BCUT2D eigenvalue weighted by molar-refractivity contribution is 6.05. The highest BCUT2D eigenvalue weighted by Gasteiger charge is 2.78. The van der Waals surface area contributed by atoms with Gasteiger partial charge in [0.05, 0.1) is 0 Å². The molecular formula is C8H8O. The number of carbonyl (C=O) groups excluding carboxylic acids is 1. The van der Waals surface area contributed by atoms with Crippen molar-refractivity contribution < 1.29 is 4.79 Å². The van der Waals surface area contributed by atoms with E-state index >= 15 is 0 Å². The first-order valence-electron chi connectivity index (χ1n) is 3.49. The number of rotatable bonds is 0. The van der Waals surface area contributed by atoms with Gasteiger partial charge < -0.3 is 0 Å². The maximum Gasteiger partial charge on any atom is 0.162 e. The largest absolute Gasteiger partial charge is 0.294 e. The van der Waals surface area contributed by atoms with Gasteiger partial charge in [-0.05, 0) is 29.7 Å². The molecule has 1 heteroatoms. The van der Waals surface area contributed by atoms with Crippen LogP contribution in [0.4, 0.5) is 0 Å². The molecule has 3 saturated carbocycles. The van der Waals surface area contributed by atoms with Crippen LogP contribution in [0.2, 0.25) is 0 Å². The standard InChI is InChI=1S/C8H8O/c1-4-5-2-8(5)3-6(8)7(4)9/h5-6H,1-3H2. The maximum atomic E-state index is 11.1. The molecule has 0 saturated heterocycles. The summed E-state index contributed by atoms with van der Waals surface area (Å²) in [5.41, 5.74) is 1.46. The van der Waals surface area contributed by atoms with Crippen LogP contribution in [-0.4, -0.2) is 5.78 Å². The van der Waals surface area contributed by atoms with E-state index in [4.69, 9.17) is 0 Å². The van der Waals surface area contributed by atoms with E-state index < -0.39 is 0 Å². The van der Waals surface area contributed by atoms with Gasteiger partial charge >= 0.3 is 0 Å². The predicted octanol–water partition coefficient (Wildman–Crippen LogP) is 1.15. The molecule has 0 N–H and O–H groups in total. The molecule has 0 radical (unpaired) electrons. The minimum atomic E-state index is 0.381.